The third-order valence-corrected chi connectivity index (χ3v) is 4.89. The molecule has 0 saturated carbocycles. The average Bonchev–Trinajstić information content (AvgIpc) is 3.32. The van der Waals surface area contributed by atoms with Crippen LogP contribution in [0.4, 0.5) is 0 Å². The van der Waals surface area contributed by atoms with Crippen LogP contribution in [0, 0.1) is 0 Å². The van der Waals surface area contributed by atoms with Crippen molar-refractivity contribution in [2.45, 2.75) is 18.1 Å². The van der Waals surface area contributed by atoms with Gasteiger partial charge in [-0.1, -0.05) is 36.0 Å². The van der Waals surface area contributed by atoms with Gasteiger partial charge in [0.25, 0.3) is 5.91 Å². The number of carbonyl (C=O) groups excluding carboxylic acids is 1. The Morgan fingerprint density at radius 2 is 1.89 bits per heavy atom. The molecule has 7 nitrogen and oxygen atoms in total. The summed E-state index contributed by atoms with van der Waals surface area (Å²) in [5.74, 6) is 0.460. The second kappa shape index (κ2) is 7.24. The first kappa shape index (κ1) is 17.3. The smallest absolute Gasteiger partial charge is 0.270 e. The normalized spacial score (nSPS) is 12.2. The zero-order valence-corrected chi connectivity index (χ0v) is 15.7. The Labute approximate surface area is 160 Å². The van der Waals surface area contributed by atoms with E-state index in [9.17, 15) is 4.79 Å². The number of hydrogen-bond acceptors (Lipinski definition) is 5. The maximum atomic E-state index is 13.0. The van der Waals surface area contributed by atoms with Gasteiger partial charge >= 0.3 is 0 Å². The number of pyridine rings is 1. The fourth-order valence-electron chi connectivity index (χ4n) is 2.96. The summed E-state index contributed by atoms with van der Waals surface area (Å²) >= 11 is 1.49. The molecule has 0 aliphatic heterocycles. The van der Waals surface area contributed by atoms with Crippen molar-refractivity contribution in [3.8, 4) is 5.69 Å². The predicted octanol–water partition coefficient (Wildman–Crippen LogP) is 3.13. The maximum absolute atomic E-state index is 13.0. The highest BCUT2D eigenvalue weighted by atomic mass is 32.2. The number of nitrogens with zero attached hydrogens (tertiary/aromatic N) is 5. The van der Waals surface area contributed by atoms with E-state index < -0.39 is 0 Å². The van der Waals surface area contributed by atoms with E-state index in [1.165, 1.54) is 11.8 Å². The van der Waals surface area contributed by atoms with Crippen LogP contribution in [-0.4, -0.2) is 36.3 Å². The van der Waals surface area contributed by atoms with Crippen molar-refractivity contribution in [1.29, 1.82) is 0 Å². The zero-order chi connectivity index (χ0) is 18.8. The van der Waals surface area contributed by atoms with Crippen molar-refractivity contribution in [3.05, 3.63) is 72.4 Å². The van der Waals surface area contributed by atoms with E-state index in [-0.39, 0.29) is 11.9 Å². The monoisotopic (exact) mass is 378 g/mol. The van der Waals surface area contributed by atoms with Crippen LogP contribution in [0.3, 0.4) is 0 Å². The lowest BCUT2D eigenvalue weighted by Crippen LogP contribution is -2.29. The van der Waals surface area contributed by atoms with Gasteiger partial charge in [0.15, 0.2) is 16.6 Å². The second-order valence-electron chi connectivity index (χ2n) is 5.98. The Balaban J connectivity index is 1.65. The summed E-state index contributed by atoms with van der Waals surface area (Å²) in [5, 5.41) is 12.1. The summed E-state index contributed by atoms with van der Waals surface area (Å²) in [6.07, 6.45) is 5.42. The zero-order valence-electron chi connectivity index (χ0n) is 14.9. The van der Waals surface area contributed by atoms with Gasteiger partial charge in [-0.05, 0) is 37.4 Å². The van der Waals surface area contributed by atoms with Crippen molar-refractivity contribution in [2.75, 3.05) is 6.26 Å². The average molecular weight is 378 g/mol. The SMILES string of the molecule is CSc1ncc(C(=O)NC(C)c2nnc3ccccn23)n1-c1ccccc1. The molecule has 0 spiro atoms. The molecule has 8 heteroatoms. The molecule has 0 bridgehead atoms. The van der Waals surface area contributed by atoms with Crippen LogP contribution in [0.5, 0.6) is 0 Å². The molecule has 4 aromatic rings. The Morgan fingerprint density at radius 1 is 1.11 bits per heavy atom. The molecule has 0 radical (unpaired) electrons. The fraction of sp³-hybridized carbons (Fsp3) is 0.158. The van der Waals surface area contributed by atoms with Gasteiger partial charge in [-0.15, -0.1) is 10.2 Å². The third-order valence-electron chi connectivity index (χ3n) is 4.23. The summed E-state index contributed by atoms with van der Waals surface area (Å²) in [7, 11) is 0. The highest BCUT2D eigenvalue weighted by Gasteiger charge is 2.21. The van der Waals surface area contributed by atoms with Crippen LogP contribution in [0.15, 0.2) is 66.1 Å². The number of imidazole rings is 1. The molecule has 1 aromatic carbocycles. The number of amides is 1. The van der Waals surface area contributed by atoms with Gasteiger partial charge in [-0.25, -0.2) is 4.98 Å². The molecule has 27 heavy (non-hydrogen) atoms. The fourth-order valence-corrected chi connectivity index (χ4v) is 3.50. The number of fused-ring (bicyclic) bond motifs is 1. The Hall–Kier alpha value is -3.13. The summed E-state index contributed by atoms with van der Waals surface area (Å²) in [4.78, 5) is 17.4. The number of para-hydroxylation sites is 1. The second-order valence-corrected chi connectivity index (χ2v) is 6.76. The number of nitrogens with one attached hydrogen (secondary N) is 1. The van der Waals surface area contributed by atoms with Crippen molar-refractivity contribution in [2.24, 2.45) is 0 Å². The van der Waals surface area contributed by atoms with Gasteiger partial charge in [0.2, 0.25) is 0 Å². The number of carbonyl (C=O) groups is 1. The Kier molecular flexibility index (Phi) is 4.64. The summed E-state index contributed by atoms with van der Waals surface area (Å²) in [5.41, 5.74) is 2.11. The molecule has 0 aliphatic carbocycles. The van der Waals surface area contributed by atoms with Crippen molar-refractivity contribution in [1.82, 2.24) is 29.5 Å². The van der Waals surface area contributed by atoms with Crippen LogP contribution in [0.25, 0.3) is 11.3 Å². The van der Waals surface area contributed by atoms with Crippen LogP contribution in [0.1, 0.15) is 29.3 Å². The van der Waals surface area contributed by atoms with Crippen LogP contribution in [0.2, 0.25) is 0 Å². The molecule has 1 unspecified atom stereocenters. The number of benzene rings is 1. The molecule has 4 rings (SSSR count). The number of hydrogen-bond donors (Lipinski definition) is 1. The first-order valence-electron chi connectivity index (χ1n) is 8.46. The largest absolute Gasteiger partial charge is 0.341 e. The molecule has 0 saturated heterocycles. The predicted molar refractivity (Wildman–Crippen MR) is 104 cm³/mol. The van der Waals surface area contributed by atoms with Crippen molar-refractivity contribution >= 4 is 23.3 Å². The van der Waals surface area contributed by atoms with Gasteiger partial charge in [0.1, 0.15) is 5.69 Å². The van der Waals surface area contributed by atoms with Gasteiger partial charge in [-0.3, -0.25) is 13.8 Å². The minimum atomic E-state index is -0.313. The minimum Gasteiger partial charge on any atom is -0.341 e. The lowest BCUT2D eigenvalue weighted by atomic mass is 10.2. The first-order chi connectivity index (χ1) is 13.2. The van der Waals surface area contributed by atoms with E-state index in [0.29, 0.717) is 11.5 Å². The molecule has 136 valence electrons. The van der Waals surface area contributed by atoms with E-state index in [1.807, 2.05) is 76.9 Å². The van der Waals surface area contributed by atoms with E-state index in [2.05, 4.69) is 20.5 Å². The molecule has 3 aromatic heterocycles. The summed E-state index contributed by atoms with van der Waals surface area (Å²) in [6, 6.07) is 15.1. The third kappa shape index (κ3) is 3.19. The van der Waals surface area contributed by atoms with Crippen LogP contribution >= 0.6 is 11.8 Å². The van der Waals surface area contributed by atoms with Gasteiger partial charge in [-0.2, -0.15) is 0 Å². The molecule has 3 heterocycles. The van der Waals surface area contributed by atoms with Gasteiger partial charge in [0, 0.05) is 11.9 Å². The molecule has 0 fully saturated rings. The van der Waals surface area contributed by atoms with Crippen molar-refractivity contribution in [3.63, 3.8) is 0 Å². The molecule has 1 atom stereocenters. The van der Waals surface area contributed by atoms with Gasteiger partial charge < -0.3 is 5.32 Å². The van der Waals surface area contributed by atoms with E-state index in [0.717, 1.165) is 16.5 Å². The standard InChI is InChI=1S/C19H18N6OS/c1-13(17-23-22-16-10-6-7-11-24(16)17)21-18(26)15-12-20-19(27-2)25(15)14-8-4-3-5-9-14/h3-13H,1-2H3,(H,21,26). The quantitative estimate of drug-likeness (QED) is 0.540. The highest BCUT2D eigenvalue weighted by molar-refractivity contribution is 7.98. The Morgan fingerprint density at radius 3 is 2.67 bits per heavy atom. The molecular formula is C19H18N6OS. The van der Waals surface area contributed by atoms with E-state index in [4.69, 9.17) is 0 Å². The highest BCUT2D eigenvalue weighted by Crippen LogP contribution is 2.22. The molecule has 1 N–H and O–H groups in total. The molecule has 1 amide bonds. The first-order valence-corrected chi connectivity index (χ1v) is 9.69. The maximum Gasteiger partial charge on any atom is 0.270 e. The minimum absolute atomic E-state index is 0.216. The van der Waals surface area contributed by atoms with Crippen LogP contribution in [-0.2, 0) is 0 Å². The summed E-state index contributed by atoms with van der Waals surface area (Å²) in [6.45, 7) is 1.89. The summed E-state index contributed by atoms with van der Waals surface area (Å²) < 4.78 is 3.72. The Bertz CT molecular complexity index is 1090. The number of thioether (sulfide) groups is 1. The van der Waals surface area contributed by atoms with Crippen molar-refractivity contribution < 1.29 is 4.79 Å². The lowest BCUT2D eigenvalue weighted by Gasteiger charge is -2.14. The van der Waals surface area contributed by atoms with E-state index in [1.54, 1.807) is 6.20 Å². The topological polar surface area (TPSA) is 77.1 Å². The van der Waals surface area contributed by atoms with E-state index >= 15 is 0 Å². The number of rotatable bonds is 5. The lowest BCUT2D eigenvalue weighted by molar-refractivity contribution is 0.0930. The molecular weight excluding hydrogens is 360 g/mol. The van der Waals surface area contributed by atoms with Crippen LogP contribution < -0.4 is 5.32 Å². The molecule has 0 aliphatic rings. The number of aromatic nitrogens is 5. The van der Waals surface area contributed by atoms with Gasteiger partial charge in [0.05, 0.1) is 12.2 Å².